The normalized spacial score (nSPS) is 20.2. The summed E-state index contributed by atoms with van der Waals surface area (Å²) in [4.78, 5) is 27.9. The maximum absolute atomic E-state index is 13.5. The molecule has 4 nitrogen and oxygen atoms in total. The van der Waals surface area contributed by atoms with Crippen molar-refractivity contribution in [1.29, 1.82) is 0 Å². The van der Waals surface area contributed by atoms with E-state index in [0.717, 1.165) is 24.8 Å². The summed E-state index contributed by atoms with van der Waals surface area (Å²) < 4.78 is 6.83. The van der Waals surface area contributed by atoms with E-state index in [2.05, 4.69) is 12.1 Å². The molecule has 3 rings (SSSR count). The molecule has 2 atom stereocenters. The third-order valence-corrected chi connectivity index (χ3v) is 7.46. The van der Waals surface area contributed by atoms with Crippen molar-refractivity contribution in [3.8, 4) is 0 Å². The standard InChI is InChI=1S/C24H29NO3Se/c1-24(2,3)28-23(27)25-19(17-18-11-6-4-7-12-18)13-10-16-21(22(25)26)29-20-14-8-5-9-15-20/h4-9,11-12,14-15,19,21H,10,13,16-17H2,1-3H3. The van der Waals surface area contributed by atoms with E-state index in [4.69, 9.17) is 4.74 Å². The van der Waals surface area contributed by atoms with Crippen LogP contribution in [0.4, 0.5) is 4.79 Å². The second-order valence-corrected chi connectivity index (χ2v) is 11.1. The quantitative estimate of drug-likeness (QED) is 0.640. The van der Waals surface area contributed by atoms with Crippen LogP contribution in [0.25, 0.3) is 0 Å². The Kier molecular flexibility index (Phi) is 7.15. The van der Waals surface area contributed by atoms with Gasteiger partial charge in [-0.1, -0.05) is 0 Å². The van der Waals surface area contributed by atoms with E-state index in [-0.39, 0.29) is 31.7 Å². The molecule has 2 aromatic rings. The van der Waals surface area contributed by atoms with Crippen molar-refractivity contribution in [3.05, 3.63) is 66.2 Å². The summed E-state index contributed by atoms with van der Waals surface area (Å²) in [6.45, 7) is 5.51. The molecule has 2 aromatic carbocycles. The molecule has 1 aliphatic rings. The van der Waals surface area contributed by atoms with Gasteiger partial charge in [-0.25, -0.2) is 0 Å². The van der Waals surface area contributed by atoms with Crippen LogP contribution in [0.15, 0.2) is 60.7 Å². The zero-order chi connectivity index (χ0) is 20.9. The van der Waals surface area contributed by atoms with Crippen LogP contribution in [0, 0.1) is 0 Å². The number of likely N-dealkylation sites (tertiary alicyclic amines) is 1. The van der Waals surface area contributed by atoms with Gasteiger partial charge in [0.15, 0.2) is 0 Å². The van der Waals surface area contributed by atoms with Crippen LogP contribution in [0.1, 0.15) is 45.6 Å². The van der Waals surface area contributed by atoms with E-state index in [9.17, 15) is 9.59 Å². The topological polar surface area (TPSA) is 46.6 Å². The van der Waals surface area contributed by atoms with Crippen LogP contribution in [-0.2, 0) is 16.0 Å². The molecule has 1 saturated heterocycles. The fourth-order valence-electron chi connectivity index (χ4n) is 3.53. The molecular weight excluding hydrogens is 429 g/mol. The summed E-state index contributed by atoms with van der Waals surface area (Å²) in [6, 6.07) is 20.0. The number of nitrogens with zero attached hydrogens (tertiary/aromatic N) is 1. The van der Waals surface area contributed by atoms with Crippen molar-refractivity contribution in [2.45, 2.75) is 62.9 Å². The molecule has 29 heavy (non-hydrogen) atoms. The minimum atomic E-state index is -0.638. The molecule has 0 aliphatic carbocycles. The molecule has 0 radical (unpaired) electrons. The van der Waals surface area contributed by atoms with Crippen LogP contribution in [0.5, 0.6) is 0 Å². The summed E-state index contributed by atoms with van der Waals surface area (Å²) >= 11 is -0.0136. The number of imide groups is 1. The first-order chi connectivity index (χ1) is 13.8. The van der Waals surface area contributed by atoms with Gasteiger partial charge in [0, 0.05) is 0 Å². The van der Waals surface area contributed by atoms with Gasteiger partial charge in [-0.05, 0) is 0 Å². The molecule has 0 saturated carbocycles. The van der Waals surface area contributed by atoms with Crippen LogP contribution in [0.2, 0.25) is 4.82 Å². The van der Waals surface area contributed by atoms with Crippen LogP contribution >= 0.6 is 0 Å². The summed E-state index contributed by atoms with van der Waals surface area (Å²) in [6.07, 6.45) is 2.71. The Morgan fingerprint density at radius 2 is 1.66 bits per heavy atom. The number of hydrogen-bond acceptors (Lipinski definition) is 3. The third-order valence-electron chi connectivity index (χ3n) is 4.81. The van der Waals surface area contributed by atoms with Gasteiger partial charge < -0.3 is 0 Å². The van der Waals surface area contributed by atoms with Gasteiger partial charge in [-0.3, -0.25) is 0 Å². The predicted octanol–water partition coefficient (Wildman–Crippen LogP) is 4.36. The minimum absolute atomic E-state index is 0.0136. The monoisotopic (exact) mass is 459 g/mol. The summed E-state index contributed by atoms with van der Waals surface area (Å²) in [5.41, 5.74) is 0.493. The van der Waals surface area contributed by atoms with Gasteiger partial charge >= 0.3 is 180 Å². The van der Waals surface area contributed by atoms with E-state index in [1.807, 2.05) is 69.3 Å². The van der Waals surface area contributed by atoms with Crippen molar-refractivity contribution in [1.82, 2.24) is 4.90 Å². The molecule has 2 amide bonds. The van der Waals surface area contributed by atoms with Gasteiger partial charge in [0.05, 0.1) is 0 Å². The molecule has 154 valence electrons. The summed E-state index contributed by atoms with van der Waals surface area (Å²) in [5, 5.41) is 0. The van der Waals surface area contributed by atoms with Gasteiger partial charge in [0.2, 0.25) is 0 Å². The van der Waals surface area contributed by atoms with Crippen LogP contribution in [-0.4, -0.2) is 43.5 Å². The Morgan fingerprint density at radius 3 is 2.28 bits per heavy atom. The molecule has 0 spiro atoms. The first-order valence-electron chi connectivity index (χ1n) is 10.2. The molecule has 0 N–H and O–H groups in total. The molecule has 0 bridgehead atoms. The molecule has 1 aliphatic heterocycles. The second-order valence-electron chi connectivity index (χ2n) is 8.38. The molecular formula is C24H29NO3Se. The van der Waals surface area contributed by atoms with Gasteiger partial charge in [-0.2, -0.15) is 0 Å². The van der Waals surface area contributed by atoms with E-state index in [0.29, 0.717) is 6.42 Å². The van der Waals surface area contributed by atoms with Crippen molar-refractivity contribution < 1.29 is 14.3 Å². The first-order valence-corrected chi connectivity index (χ1v) is 12.0. The number of carbonyl (C=O) groups excluding carboxylic acids is 2. The number of amides is 2. The van der Waals surface area contributed by atoms with Gasteiger partial charge in [-0.15, -0.1) is 0 Å². The summed E-state index contributed by atoms with van der Waals surface area (Å²) in [5.74, 6) is -0.0819. The Hall–Kier alpha value is -2.10. The first kappa shape index (κ1) is 21.6. The SMILES string of the molecule is CC(C)(C)OC(=O)N1C(=O)C([Se]c2ccccc2)CCCC1Cc1ccccc1. The Bertz CT molecular complexity index is 817. The second kappa shape index (κ2) is 9.60. The van der Waals surface area contributed by atoms with Crippen molar-refractivity contribution in [3.63, 3.8) is 0 Å². The molecule has 2 unspecified atom stereocenters. The van der Waals surface area contributed by atoms with E-state index in [1.165, 1.54) is 9.36 Å². The van der Waals surface area contributed by atoms with Crippen molar-refractivity contribution in [2.75, 3.05) is 0 Å². The molecule has 1 fully saturated rings. The number of carbonyl (C=O) groups is 2. The van der Waals surface area contributed by atoms with Crippen LogP contribution < -0.4 is 4.46 Å². The average Bonchev–Trinajstić information content (AvgIpc) is 2.81. The van der Waals surface area contributed by atoms with Gasteiger partial charge in [0.25, 0.3) is 0 Å². The van der Waals surface area contributed by atoms with Gasteiger partial charge in [0.1, 0.15) is 0 Å². The predicted molar refractivity (Wildman–Crippen MR) is 116 cm³/mol. The number of hydrogen-bond donors (Lipinski definition) is 0. The average molecular weight is 458 g/mol. The Balaban J connectivity index is 1.85. The van der Waals surface area contributed by atoms with E-state index < -0.39 is 11.7 Å². The summed E-state index contributed by atoms with van der Waals surface area (Å²) in [7, 11) is 0. The third kappa shape index (κ3) is 6.19. The maximum atomic E-state index is 13.5. The Morgan fingerprint density at radius 1 is 1.03 bits per heavy atom. The van der Waals surface area contributed by atoms with Crippen molar-refractivity contribution in [2.24, 2.45) is 0 Å². The molecule has 1 heterocycles. The zero-order valence-corrected chi connectivity index (χ0v) is 19.0. The Labute approximate surface area is 179 Å². The fraction of sp³-hybridized carbons (Fsp3) is 0.417. The number of benzene rings is 2. The fourth-order valence-corrected chi connectivity index (χ4v) is 5.92. The zero-order valence-electron chi connectivity index (χ0n) is 17.3. The molecule has 0 aromatic heterocycles. The number of ether oxygens (including phenoxy) is 1. The van der Waals surface area contributed by atoms with E-state index >= 15 is 0 Å². The van der Waals surface area contributed by atoms with E-state index in [1.54, 1.807) is 0 Å². The molecule has 5 heteroatoms. The van der Waals surface area contributed by atoms with Crippen LogP contribution in [0.3, 0.4) is 0 Å². The number of rotatable bonds is 4. The van der Waals surface area contributed by atoms with Crippen molar-refractivity contribution >= 4 is 31.4 Å².